The Kier molecular flexibility index (Phi) is 5.80. The van der Waals surface area contributed by atoms with Crippen molar-refractivity contribution in [1.82, 2.24) is 15.2 Å². The molecule has 2 heterocycles. The molecule has 0 aromatic carbocycles. The van der Waals surface area contributed by atoms with Crippen molar-refractivity contribution in [1.29, 1.82) is 0 Å². The fourth-order valence-electron chi connectivity index (χ4n) is 2.95. The number of rotatable bonds is 6. The third kappa shape index (κ3) is 4.29. The normalized spacial score (nSPS) is 24.5. The Balaban J connectivity index is 1.87. The SMILES string of the molecule is CCCC1CN(CCc2ccccn2)C(CC)CN1. The van der Waals surface area contributed by atoms with Gasteiger partial charge in [-0.15, -0.1) is 0 Å². The van der Waals surface area contributed by atoms with E-state index in [2.05, 4.69) is 41.2 Å². The van der Waals surface area contributed by atoms with Gasteiger partial charge in [-0.3, -0.25) is 9.88 Å². The Labute approximate surface area is 117 Å². The Morgan fingerprint density at radius 2 is 2.26 bits per heavy atom. The van der Waals surface area contributed by atoms with Gasteiger partial charge in [-0.05, 0) is 25.0 Å². The van der Waals surface area contributed by atoms with E-state index >= 15 is 0 Å². The predicted octanol–water partition coefficient (Wildman–Crippen LogP) is 2.48. The molecule has 1 aromatic rings. The van der Waals surface area contributed by atoms with Crippen LogP contribution in [0.2, 0.25) is 0 Å². The smallest absolute Gasteiger partial charge is 0.0416 e. The first-order valence-electron chi connectivity index (χ1n) is 7.70. The van der Waals surface area contributed by atoms with Crippen molar-refractivity contribution in [2.45, 2.75) is 51.6 Å². The lowest BCUT2D eigenvalue weighted by atomic mass is 10.0. The van der Waals surface area contributed by atoms with Gasteiger partial charge < -0.3 is 5.32 Å². The maximum absolute atomic E-state index is 4.43. The molecule has 1 saturated heterocycles. The van der Waals surface area contributed by atoms with Gasteiger partial charge in [0.25, 0.3) is 0 Å². The molecule has 0 saturated carbocycles. The fraction of sp³-hybridized carbons (Fsp3) is 0.688. The molecule has 1 fully saturated rings. The molecule has 1 aromatic heterocycles. The minimum absolute atomic E-state index is 0.677. The highest BCUT2D eigenvalue weighted by atomic mass is 15.2. The molecule has 0 aliphatic carbocycles. The highest BCUT2D eigenvalue weighted by Gasteiger charge is 2.25. The largest absolute Gasteiger partial charge is 0.311 e. The molecule has 2 unspecified atom stereocenters. The Morgan fingerprint density at radius 1 is 1.37 bits per heavy atom. The quantitative estimate of drug-likeness (QED) is 0.852. The maximum Gasteiger partial charge on any atom is 0.0416 e. The zero-order valence-corrected chi connectivity index (χ0v) is 12.3. The van der Waals surface area contributed by atoms with Crippen LogP contribution < -0.4 is 5.32 Å². The molecule has 106 valence electrons. The lowest BCUT2D eigenvalue weighted by molar-refractivity contribution is 0.124. The molecule has 19 heavy (non-hydrogen) atoms. The number of hydrogen-bond donors (Lipinski definition) is 1. The lowest BCUT2D eigenvalue weighted by Gasteiger charge is -2.40. The van der Waals surface area contributed by atoms with Gasteiger partial charge in [-0.1, -0.05) is 26.3 Å². The number of nitrogens with one attached hydrogen (secondary N) is 1. The highest BCUT2D eigenvalue weighted by Crippen LogP contribution is 2.13. The van der Waals surface area contributed by atoms with Gasteiger partial charge in [0.1, 0.15) is 0 Å². The molecule has 2 atom stereocenters. The zero-order chi connectivity index (χ0) is 13.5. The minimum Gasteiger partial charge on any atom is -0.311 e. The summed E-state index contributed by atoms with van der Waals surface area (Å²) in [6.45, 7) is 8.03. The van der Waals surface area contributed by atoms with E-state index in [1.54, 1.807) is 0 Å². The van der Waals surface area contributed by atoms with Gasteiger partial charge in [-0.2, -0.15) is 0 Å². The van der Waals surface area contributed by atoms with Crippen LogP contribution in [-0.2, 0) is 6.42 Å². The summed E-state index contributed by atoms with van der Waals surface area (Å²) in [6, 6.07) is 7.57. The second kappa shape index (κ2) is 7.61. The summed E-state index contributed by atoms with van der Waals surface area (Å²) >= 11 is 0. The van der Waals surface area contributed by atoms with Crippen LogP contribution in [0.15, 0.2) is 24.4 Å². The molecule has 0 bridgehead atoms. The molecule has 0 amide bonds. The van der Waals surface area contributed by atoms with Crippen molar-refractivity contribution in [3.05, 3.63) is 30.1 Å². The van der Waals surface area contributed by atoms with Crippen LogP contribution in [0.3, 0.4) is 0 Å². The summed E-state index contributed by atoms with van der Waals surface area (Å²) in [5, 5.41) is 3.69. The Hall–Kier alpha value is -0.930. The van der Waals surface area contributed by atoms with Crippen LogP contribution in [0.25, 0.3) is 0 Å². The third-order valence-electron chi connectivity index (χ3n) is 4.10. The van der Waals surface area contributed by atoms with Crippen molar-refractivity contribution in [2.24, 2.45) is 0 Å². The van der Waals surface area contributed by atoms with Gasteiger partial charge in [0.05, 0.1) is 0 Å². The summed E-state index contributed by atoms with van der Waals surface area (Å²) < 4.78 is 0. The van der Waals surface area contributed by atoms with E-state index in [0.717, 1.165) is 19.5 Å². The third-order valence-corrected chi connectivity index (χ3v) is 4.10. The van der Waals surface area contributed by atoms with Crippen molar-refractivity contribution >= 4 is 0 Å². The highest BCUT2D eigenvalue weighted by molar-refractivity contribution is 5.04. The number of piperazine rings is 1. The molecule has 3 heteroatoms. The molecule has 0 radical (unpaired) electrons. The van der Waals surface area contributed by atoms with Gasteiger partial charge in [-0.25, -0.2) is 0 Å². The van der Waals surface area contributed by atoms with E-state index in [4.69, 9.17) is 0 Å². The molecule has 1 aliphatic rings. The minimum atomic E-state index is 0.677. The first-order valence-corrected chi connectivity index (χ1v) is 7.70. The van der Waals surface area contributed by atoms with Crippen molar-refractivity contribution < 1.29 is 0 Å². The molecule has 2 rings (SSSR count). The average Bonchev–Trinajstić information content (AvgIpc) is 2.47. The molecule has 0 spiro atoms. The topological polar surface area (TPSA) is 28.2 Å². The van der Waals surface area contributed by atoms with Crippen LogP contribution in [0.5, 0.6) is 0 Å². The van der Waals surface area contributed by atoms with E-state index in [1.807, 2.05) is 12.3 Å². The molecular weight excluding hydrogens is 234 g/mol. The van der Waals surface area contributed by atoms with Gasteiger partial charge in [0.2, 0.25) is 0 Å². The molecule has 1 aliphatic heterocycles. The van der Waals surface area contributed by atoms with Crippen LogP contribution in [-0.4, -0.2) is 41.6 Å². The summed E-state index contributed by atoms with van der Waals surface area (Å²) in [5.74, 6) is 0. The van der Waals surface area contributed by atoms with Crippen molar-refractivity contribution in [3.8, 4) is 0 Å². The lowest BCUT2D eigenvalue weighted by Crippen LogP contribution is -2.56. The first kappa shape index (κ1) is 14.5. The first-order chi connectivity index (χ1) is 9.33. The maximum atomic E-state index is 4.43. The summed E-state index contributed by atoms with van der Waals surface area (Å²) in [4.78, 5) is 7.09. The average molecular weight is 261 g/mol. The van der Waals surface area contributed by atoms with Crippen molar-refractivity contribution in [2.75, 3.05) is 19.6 Å². The van der Waals surface area contributed by atoms with Crippen molar-refractivity contribution in [3.63, 3.8) is 0 Å². The van der Waals surface area contributed by atoms with Crippen LogP contribution >= 0.6 is 0 Å². The van der Waals surface area contributed by atoms with Gasteiger partial charge in [0, 0.05) is 50.0 Å². The molecule has 3 nitrogen and oxygen atoms in total. The number of pyridine rings is 1. The number of nitrogens with zero attached hydrogens (tertiary/aromatic N) is 2. The van der Waals surface area contributed by atoms with Crippen LogP contribution in [0, 0.1) is 0 Å². The summed E-state index contributed by atoms with van der Waals surface area (Å²) in [6.07, 6.45) is 6.74. The van der Waals surface area contributed by atoms with Crippen LogP contribution in [0.4, 0.5) is 0 Å². The van der Waals surface area contributed by atoms with E-state index in [0.29, 0.717) is 12.1 Å². The molecular formula is C16H27N3. The van der Waals surface area contributed by atoms with Gasteiger partial charge >= 0.3 is 0 Å². The summed E-state index contributed by atoms with van der Waals surface area (Å²) in [7, 11) is 0. The summed E-state index contributed by atoms with van der Waals surface area (Å²) in [5.41, 5.74) is 1.21. The Bertz CT molecular complexity index is 352. The second-order valence-corrected chi connectivity index (χ2v) is 5.52. The van der Waals surface area contributed by atoms with E-state index in [-0.39, 0.29) is 0 Å². The van der Waals surface area contributed by atoms with E-state index in [1.165, 1.54) is 31.5 Å². The fourth-order valence-corrected chi connectivity index (χ4v) is 2.95. The standard InChI is InChI=1S/C16H27N3/c1-3-7-15-13-19(16(4-2)12-18-15)11-9-14-8-5-6-10-17-14/h5-6,8,10,15-16,18H,3-4,7,9,11-13H2,1-2H3. The van der Waals surface area contributed by atoms with Gasteiger partial charge in [0.15, 0.2) is 0 Å². The monoisotopic (exact) mass is 261 g/mol. The van der Waals surface area contributed by atoms with E-state index < -0.39 is 0 Å². The predicted molar refractivity (Wildman–Crippen MR) is 80.3 cm³/mol. The second-order valence-electron chi connectivity index (χ2n) is 5.52. The zero-order valence-electron chi connectivity index (χ0n) is 12.3. The number of aromatic nitrogens is 1. The molecule has 1 N–H and O–H groups in total. The van der Waals surface area contributed by atoms with Crippen LogP contribution in [0.1, 0.15) is 38.8 Å². The van der Waals surface area contributed by atoms with E-state index in [9.17, 15) is 0 Å². The Morgan fingerprint density at radius 3 is 2.95 bits per heavy atom. The number of hydrogen-bond acceptors (Lipinski definition) is 3.